The van der Waals surface area contributed by atoms with Crippen LogP contribution in [0.15, 0.2) is 36.5 Å². The Morgan fingerprint density at radius 2 is 1.88 bits per heavy atom. The van der Waals surface area contributed by atoms with Gasteiger partial charge in [0.15, 0.2) is 0 Å². The fraction of sp³-hybridized carbons (Fsp3) is 0.400. The van der Waals surface area contributed by atoms with Crippen molar-refractivity contribution in [3.63, 3.8) is 0 Å². The summed E-state index contributed by atoms with van der Waals surface area (Å²) in [6.45, 7) is 6.21. The van der Waals surface area contributed by atoms with E-state index in [0.717, 1.165) is 49.7 Å². The lowest BCUT2D eigenvalue weighted by Gasteiger charge is -2.34. The van der Waals surface area contributed by atoms with Crippen LogP contribution in [-0.2, 0) is 18.4 Å². The number of ether oxygens (including phenoxy) is 1. The number of carbonyl (C=O) groups is 1. The van der Waals surface area contributed by atoms with Gasteiger partial charge in [-0.25, -0.2) is 0 Å². The summed E-state index contributed by atoms with van der Waals surface area (Å²) in [7, 11) is 3.59. The van der Waals surface area contributed by atoms with Crippen LogP contribution in [0.1, 0.15) is 16.8 Å². The Morgan fingerprint density at radius 1 is 1.19 bits per heavy atom. The van der Waals surface area contributed by atoms with E-state index in [9.17, 15) is 4.79 Å². The molecule has 0 aliphatic carbocycles. The molecule has 0 atom stereocenters. The Bertz CT molecular complexity index is 772. The second-order valence-corrected chi connectivity index (χ2v) is 6.62. The molecule has 6 nitrogen and oxygen atoms in total. The first-order valence-corrected chi connectivity index (χ1v) is 8.87. The van der Waals surface area contributed by atoms with Crippen molar-refractivity contribution in [3.8, 4) is 5.75 Å². The van der Waals surface area contributed by atoms with Crippen molar-refractivity contribution in [2.24, 2.45) is 7.05 Å². The largest absolute Gasteiger partial charge is 0.497 e. The normalized spacial score (nSPS) is 15.6. The summed E-state index contributed by atoms with van der Waals surface area (Å²) in [6.07, 6.45) is 5.58. The van der Waals surface area contributed by atoms with Gasteiger partial charge < -0.3 is 9.64 Å². The Balaban J connectivity index is 1.49. The zero-order valence-electron chi connectivity index (χ0n) is 15.7. The maximum atomic E-state index is 12.4. The van der Waals surface area contributed by atoms with Gasteiger partial charge in [0.25, 0.3) is 0 Å². The van der Waals surface area contributed by atoms with E-state index in [2.05, 4.69) is 16.2 Å². The molecule has 26 heavy (non-hydrogen) atoms. The lowest BCUT2D eigenvalue weighted by Crippen LogP contribution is -2.47. The van der Waals surface area contributed by atoms with E-state index in [0.29, 0.717) is 0 Å². The third kappa shape index (κ3) is 4.52. The van der Waals surface area contributed by atoms with Crippen molar-refractivity contribution in [3.05, 3.63) is 53.4 Å². The number of rotatable bonds is 5. The third-order valence-corrected chi connectivity index (χ3v) is 4.73. The molecule has 1 amide bonds. The molecule has 138 valence electrons. The number of methoxy groups -OCH3 is 1. The maximum Gasteiger partial charge on any atom is 0.246 e. The molecule has 0 saturated carbocycles. The topological polar surface area (TPSA) is 50.6 Å². The molecule has 0 radical (unpaired) electrons. The van der Waals surface area contributed by atoms with Crippen LogP contribution in [0, 0.1) is 6.92 Å². The predicted octanol–water partition coefficient (Wildman–Crippen LogP) is 2.09. The number of aromatic nitrogens is 2. The summed E-state index contributed by atoms with van der Waals surface area (Å²) in [5.74, 6) is 0.881. The average molecular weight is 354 g/mol. The van der Waals surface area contributed by atoms with Crippen LogP contribution >= 0.6 is 0 Å². The number of aryl methyl sites for hydroxylation is 2. The molecule has 1 fully saturated rings. The van der Waals surface area contributed by atoms with Gasteiger partial charge >= 0.3 is 0 Å². The van der Waals surface area contributed by atoms with E-state index in [1.807, 2.05) is 53.9 Å². The Morgan fingerprint density at radius 3 is 2.46 bits per heavy atom. The second kappa shape index (κ2) is 8.19. The minimum absolute atomic E-state index is 0.0676. The first-order valence-electron chi connectivity index (χ1n) is 8.87. The lowest BCUT2D eigenvalue weighted by molar-refractivity contribution is -0.127. The standard InChI is InChI=1S/C20H26N4O2/c1-16-18(14-22(2)21-16)15-23-10-12-24(13-11-23)20(25)9-6-17-4-7-19(26-3)8-5-17/h4-9,14H,10-13,15H2,1-3H3/b9-6+. The van der Waals surface area contributed by atoms with Gasteiger partial charge in [-0.15, -0.1) is 0 Å². The van der Waals surface area contributed by atoms with Crippen LogP contribution in [-0.4, -0.2) is 58.8 Å². The monoisotopic (exact) mass is 354 g/mol. The average Bonchev–Trinajstić information content (AvgIpc) is 2.97. The number of amides is 1. The quantitative estimate of drug-likeness (QED) is 0.772. The Hall–Kier alpha value is -2.60. The van der Waals surface area contributed by atoms with Crippen LogP contribution in [0.5, 0.6) is 5.75 Å². The summed E-state index contributed by atoms with van der Waals surface area (Å²) < 4.78 is 7.00. The minimum atomic E-state index is 0.0676. The molecule has 2 heterocycles. The number of benzene rings is 1. The molecule has 0 bridgehead atoms. The number of hydrogen-bond donors (Lipinski definition) is 0. The zero-order valence-corrected chi connectivity index (χ0v) is 15.7. The number of carbonyl (C=O) groups excluding carboxylic acids is 1. The van der Waals surface area contributed by atoms with Crippen LogP contribution in [0.2, 0.25) is 0 Å². The lowest BCUT2D eigenvalue weighted by atomic mass is 10.2. The zero-order chi connectivity index (χ0) is 18.5. The molecule has 2 aromatic rings. The molecule has 6 heteroatoms. The number of hydrogen-bond acceptors (Lipinski definition) is 4. The summed E-state index contributed by atoms with van der Waals surface area (Å²) in [5.41, 5.74) is 3.32. The molecule has 1 aromatic heterocycles. The summed E-state index contributed by atoms with van der Waals surface area (Å²) in [6, 6.07) is 7.67. The summed E-state index contributed by atoms with van der Waals surface area (Å²) >= 11 is 0. The van der Waals surface area contributed by atoms with Gasteiger partial charge in [0, 0.05) is 57.6 Å². The molecule has 0 N–H and O–H groups in total. The Kier molecular flexibility index (Phi) is 5.73. The van der Waals surface area contributed by atoms with Crippen molar-refractivity contribution < 1.29 is 9.53 Å². The van der Waals surface area contributed by atoms with Gasteiger partial charge in [-0.1, -0.05) is 12.1 Å². The minimum Gasteiger partial charge on any atom is -0.497 e. The molecular formula is C20H26N4O2. The van der Waals surface area contributed by atoms with Crippen molar-refractivity contribution in [1.82, 2.24) is 19.6 Å². The third-order valence-electron chi connectivity index (χ3n) is 4.73. The molecule has 0 unspecified atom stereocenters. The molecule has 1 saturated heterocycles. The van der Waals surface area contributed by atoms with Crippen LogP contribution in [0.25, 0.3) is 6.08 Å². The fourth-order valence-corrected chi connectivity index (χ4v) is 3.16. The van der Waals surface area contributed by atoms with Gasteiger partial charge in [0.1, 0.15) is 5.75 Å². The van der Waals surface area contributed by atoms with E-state index in [4.69, 9.17) is 4.74 Å². The predicted molar refractivity (Wildman–Crippen MR) is 102 cm³/mol. The van der Waals surface area contributed by atoms with Gasteiger partial charge in [0.2, 0.25) is 5.91 Å². The first kappa shape index (κ1) is 18.2. The van der Waals surface area contributed by atoms with E-state index in [-0.39, 0.29) is 5.91 Å². The first-order chi connectivity index (χ1) is 12.5. The van der Waals surface area contributed by atoms with Crippen molar-refractivity contribution in [1.29, 1.82) is 0 Å². The molecule has 3 rings (SSSR count). The molecule has 0 spiro atoms. The van der Waals surface area contributed by atoms with E-state index < -0.39 is 0 Å². The second-order valence-electron chi connectivity index (χ2n) is 6.62. The fourth-order valence-electron chi connectivity index (χ4n) is 3.16. The van der Waals surface area contributed by atoms with Crippen LogP contribution in [0.3, 0.4) is 0 Å². The Labute approximate surface area is 154 Å². The summed E-state index contributed by atoms with van der Waals surface area (Å²) in [4.78, 5) is 16.7. The number of piperazine rings is 1. The molecular weight excluding hydrogens is 328 g/mol. The SMILES string of the molecule is COc1ccc(/C=C/C(=O)N2CCN(Cc3cn(C)nc3C)CC2)cc1. The van der Waals surface area contributed by atoms with Crippen molar-refractivity contribution >= 4 is 12.0 Å². The van der Waals surface area contributed by atoms with E-state index >= 15 is 0 Å². The molecule has 1 aliphatic rings. The van der Waals surface area contributed by atoms with Gasteiger partial charge in [-0.3, -0.25) is 14.4 Å². The highest BCUT2D eigenvalue weighted by molar-refractivity contribution is 5.91. The molecule has 1 aromatic carbocycles. The summed E-state index contributed by atoms with van der Waals surface area (Å²) in [5, 5.41) is 4.39. The highest BCUT2D eigenvalue weighted by atomic mass is 16.5. The van der Waals surface area contributed by atoms with Crippen LogP contribution < -0.4 is 4.74 Å². The van der Waals surface area contributed by atoms with Crippen molar-refractivity contribution in [2.75, 3.05) is 33.3 Å². The van der Waals surface area contributed by atoms with Gasteiger partial charge in [-0.05, 0) is 30.7 Å². The number of nitrogens with zero attached hydrogens (tertiary/aromatic N) is 4. The molecule has 1 aliphatic heterocycles. The van der Waals surface area contributed by atoms with Crippen LogP contribution in [0.4, 0.5) is 0 Å². The van der Waals surface area contributed by atoms with E-state index in [1.165, 1.54) is 5.56 Å². The van der Waals surface area contributed by atoms with Gasteiger partial charge in [-0.2, -0.15) is 5.10 Å². The highest BCUT2D eigenvalue weighted by Gasteiger charge is 2.20. The van der Waals surface area contributed by atoms with Crippen molar-refractivity contribution in [2.45, 2.75) is 13.5 Å². The highest BCUT2D eigenvalue weighted by Crippen LogP contribution is 2.14. The van der Waals surface area contributed by atoms with Gasteiger partial charge in [0.05, 0.1) is 12.8 Å². The smallest absolute Gasteiger partial charge is 0.246 e. The van der Waals surface area contributed by atoms with E-state index in [1.54, 1.807) is 13.2 Å². The maximum absolute atomic E-state index is 12.4.